The minimum absolute atomic E-state index is 0.361. The normalized spacial score (nSPS) is 17.8. The maximum absolute atomic E-state index is 11.5. The van der Waals surface area contributed by atoms with Crippen LogP contribution in [0.2, 0.25) is 0 Å². The molecule has 0 aliphatic carbocycles. The van der Waals surface area contributed by atoms with E-state index in [2.05, 4.69) is 52.8 Å². The van der Waals surface area contributed by atoms with Crippen LogP contribution in [0.15, 0.2) is 70.1 Å². The Balaban J connectivity index is 1.20. The van der Waals surface area contributed by atoms with Crippen LogP contribution >= 0.6 is 23.1 Å². The first-order chi connectivity index (χ1) is 18.4. The van der Waals surface area contributed by atoms with Crippen LogP contribution in [0.4, 0.5) is 5.69 Å². The molecule has 38 heavy (non-hydrogen) atoms. The second-order valence-electron chi connectivity index (χ2n) is 9.76. The molecule has 2 aromatic carbocycles. The Bertz CT molecular complexity index is 1630. The van der Waals surface area contributed by atoms with Gasteiger partial charge in [-0.3, -0.25) is 0 Å². The van der Waals surface area contributed by atoms with Crippen LogP contribution in [0.25, 0.3) is 16.3 Å². The Morgan fingerprint density at radius 1 is 1.00 bits per heavy atom. The number of hydrogen-bond donors (Lipinski definition) is 2. The molecule has 0 atom stereocenters. The van der Waals surface area contributed by atoms with Crippen LogP contribution < -0.4 is 9.47 Å². The number of thioether (sulfide) groups is 1. The fraction of sp³-hybridized carbons (Fsp3) is 0.233. The lowest BCUT2D eigenvalue weighted by Gasteiger charge is -2.27. The number of rotatable bonds is 6. The zero-order valence-electron chi connectivity index (χ0n) is 20.9. The average molecular weight is 544 g/mol. The molecule has 6 nitrogen and oxygen atoms in total. The summed E-state index contributed by atoms with van der Waals surface area (Å²) in [6.07, 6.45) is 16.3. The summed E-state index contributed by atoms with van der Waals surface area (Å²) in [5, 5.41) is 21.2. The second-order valence-corrected chi connectivity index (χ2v) is 11.9. The van der Waals surface area contributed by atoms with E-state index in [9.17, 15) is 19.8 Å². The monoisotopic (exact) mass is 543 g/mol. The summed E-state index contributed by atoms with van der Waals surface area (Å²) >= 11 is 3.28. The Kier molecular flexibility index (Phi) is 6.45. The van der Waals surface area contributed by atoms with Crippen molar-refractivity contribution in [1.29, 1.82) is 0 Å². The van der Waals surface area contributed by atoms with Gasteiger partial charge in [0.05, 0.1) is 21.8 Å². The molecule has 8 heteroatoms. The molecule has 3 aliphatic rings. The molecular weight excluding hydrogens is 516 g/mol. The lowest BCUT2D eigenvalue weighted by molar-refractivity contribution is -0.671. The van der Waals surface area contributed by atoms with E-state index in [4.69, 9.17) is 0 Å². The van der Waals surface area contributed by atoms with Crippen LogP contribution in [-0.2, 0) is 19.4 Å². The summed E-state index contributed by atoms with van der Waals surface area (Å²) in [7, 11) is 0. The van der Waals surface area contributed by atoms with Crippen LogP contribution in [0.1, 0.15) is 56.6 Å². The molecule has 3 aromatic rings. The van der Waals surface area contributed by atoms with Crippen molar-refractivity contribution in [3.63, 3.8) is 0 Å². The van der Waals surface area contributed by atoms with E-state index in [0.717, 1.165) is 75.1 Å². The van der Waals surface area contributed by atoms with Gasteiger partial charge in [-0.2, -0.15) is 4.57 Å². The van der Waals surface area contributed by atoms with Crippen LogP contribution in [0.5, 0.6) is 0 Å². The third-order valence-corrected chi connectivity index (χ3v) is 9.35. The Hall–Kier alpha value is -3.62. The van der Waals surface area contributed by atoms with Crippen molar-refractivity contribution in [2.45, 2.75) is 44.0 Å². The van der Waals surface area contributed by atoms with Gasteiger partial charge in [0.1, 0.15) is 4.70 Å². The van der Waals surface area contributed by atoms with E-state index in [1.807, 2.05) is 12.1 Å². The van der Waals surface area contributed by atoms with E-state index in [-0.39, 0.29) is 0 Å². The quantitative estimate of drug-likeness (QED) is 0.275. The van der Waals surface area contributed by atoms with Crippen molar-refractivity contribution in [1.82, 2.24) is 0 Å². The van der Waals surface area contributed by atoms with Gasteiger partial charge >= 0.3 is 11.9 Å². The van der Waals surface area contributed by atoms with Crippen molar-refractivity contribution in [3.05, 3.63) is 92.5 Å². The molecule has 4 heterocycles. The predicted molar refractivity (Wildman–Crippen MR) is 152 cm³/mol. The number of allylic oxidation sites excluding steroid dienone is 6. The Morgan fingerprint density at radius 2 is 1.76 bits per heavy atom. The Morgan fingerprint density at radius 3 is 2.58 bits per heavy atom. The Labute approximate surface area is 228 Å². The highest BCUT2D eigenvalue weighted by Gasteiger charge is 2.31. The number of aromatic carboxylic acids is 2. The summed E-state index contributed by atoms with van der Waals surface area (Å²) in [5.74, 6) is -1.76. The number of thiazole rings is 1. The molecule has 0 radical (unpaired) electrons. The van der Waals surface area contributed by atoms with E-state index in [1.165, 1.54) is 11.2 Å². The van der Waals surface area contributed by atoms with Gasteiger partial charge in [0.15, 0.2) is 6.54 Å². The molecule has 1 aromatic heterocycles. The van der Waals surface area contributed by atoms with Gasteiger partial charge in [-0.15, -0.1) is 0 Å². The molecule has 0 amide bonds. The summed E-state index contributed by atoms with van der Waals surface area (Å²) in [6.45, 7) is 3.95. The summed E-state index contributed by atoms with van der Waals surface area (Å²) in [5.41, 5.74) is 6.42. The fourth-order valence-corrected chi connectivity index (χ4v) is 7.83. The van der Waals surface area contributed by atoms with Crippen LogP contribution in [0, 0.1) is 0 Å². The molecule has 0 fully saturated rings. The zero-order chi connectivity index (χ0) is 26.4. The number of aryl methyl sites for hydroxylation is 3. The number of carboxylic acids is 2. The van der Waals surface area contributed by atoms with Gasteiger partial charge in [0.25, 0.3) is 5.01 Å². The molecular formula is C30H27N2O4S2+. The largest absolute Gasteiger partial charge is 0.478 e. The number of anilines is 1. The van der Waals surface area contributed by atoms with Gasteiger partial charge < -0.3 is 15.1 Å². The predicted octanol–water partition coefficient (Wildman–Crippen LogP) is 6.45. The number of nitrogens with zero attached hydrogens (tertiary/aromatic N) is 2. The summed E-state index contributed by atoms with van der Waals surface area (Å²) in [4.78, 5) is 26.4. The van der Waals surface area contributed by atoms with Gasteiger partial charge in [0, 0.05) is 29.5 Å². The third-order valence-electron chi connectivity index (χ3n) is 7.15. The molecule has 0 saturated carbocycles. The van der Waals surface area contributed by atoms with Crippen molar-refractivity contribution < 1.29 is 24.4 Å². The van der Waals surface area contributed by atoms with Gasteiger partial charge in [-0.25, -0.2) is 9.59 Å². The van der Waals surface area contributed by atoms with Gasteiger partial charge in [0.2, 0.25) is 5.52 Å². The highest BCUT2D eigenvalue weighted by Crippen LogP contribution is 2.50. The first-order valence-corrected chi connectivity index (χ1v) is 14.3. The fourth-order valence-electron chi connectivity index (χ4n) is 5.45. The minimum atomic E-state index is -0.878. The van der Waals surface area contributed by atoms with Gasteiger partial charge in [-0.05, 0) is 62.1 Å². The summed E-state index contributed by atoms with van der Waals surface area (Å²) in [6, 6.07) is 7.21. The summed E-state index contributed by atoms with van der Waals surface area (Å²) < 4.78 is 3.33. The lowest BCUT2D eigenvalue weighted by atomic mass is 9.99. The minimum Gasteiger partial charge on any atom is -0.478 e. The van der Waals surface area contributed by atoms with Crippen LogP contribution in [-0.4, -0.2) is 28.7 Å². The maximum Gasteiger partial charge on any atom is 0.335 e. The van der Waals surface area contributed by atoms with Crippen molar-refractivity contribution in [3.8, 4) is 0 Å². The van der Waals surface area contributed by atoms with Gasteiger partial charge in [-0.1, -0.05) is 53.0 Å². The number of carboxylic acid groups (broad SMARTS) is 2. The van der Waals surface area contributed by atoms with Crippen molar-refractivity contribution >= 4 is 57.0 Å². The molecule has 6 rings (SSSR count). The second kappa shape index (κ2) is 9.93. The maximum atomic E-state index is 11.5. The smallest absolute Gasteiger partial charge is 0.335 e. The lowest BCUT2D eigenvalue weighted by Crippen LogP contribution is -2.38. The van der Waals surface area contributed by atoms with E-state index < -0.39 is 11.9 Å². The van der Waals surface area contributed by atoms with E-state index in [0.29, 0.717) is 11.1 Å². The highest BCUT2D eigenvalue weighted by atomic mass is 32.2. The van der Waals surface area contributed by atoms with Crippen molar-refractivity contribution in [2.24, 2.45) is 0 Å². The molecule has 0 saturated heterocycles. The molecule has 0 unspecified atom stereocenters. The molecule has 3 aliphatic heterocycles. The SMILES string of the molecule is CC(/C=C/C=C1\Sc2cc(C(=O)O)cc3c2N1CCC3)=C\C=C\c1sc2cc(C(=O)O)cc3c2[n+]1CCC3. The zero-order valence-corrected chi connectivity index (χ0v) is 22.6. The molecule has 0 bridgehead atoms. The average Bonchev–Trinajstić information content (AvgIpc) is 3.44. The highest BCUT2D eigenvalue weighted by molar-refractivity contribution is 8.03. The number of hydrogen-bond acceptors (Lipinski definition) is 5. The van der Waals surface area contributed by atoms with E-state index >= 15 is 0 Å². The third kappa shape index (κ3) is 4.48. The molecule has 2 N–H and O–H groups in total. The first-order valence-electron chi connectivity index (χ1n) is 12.7. The number of carbonyl (C=O) groups is 2. The molecule has 0 spiro atoms. The van der Waals surface area contributed by atoms with Crippen LogP contribution in [0.3, 0.4) is 0 Å². The first kappa shape index (κ1) is 24.7. The number of benzene rings is 2. The molecule has 192 valence electrons. The topological polar surface area (TPSA) is 81.7 Å². The number of aromatic nitrogens is 1. The van der Waals surface area contributed by atoms with Crippen molar-refractivity contribution in [2.75, 3.05) is 11.4 Å². The standard InChI is InChI=1S/C30H26N2O4S2/c1-18(6-2-10-25-31-12-4-8-19-14-21(29(33)34)16-23(37-25)27(19)31)7-3-11-26-32-13-5-9-20-15-22(30(35)36)17-24(38-26)28(20)32/h2-3,6-7,10-11,14-17H,4-5,8-9,12-13H2,1H3,(H-,33,34,35,36)/p+1. The van der Waals surface area contributed by atoms with E-state index in [1.54, 1.807) is 35.2 Å².